The normalized spacial score (nSPS) is 18.9. The van der Waals surface area contributed by atoms with Crippen LogP contribution in [0.2, 0.25) is 0 Å². The third-order valence-electron chi connectivity index (χ3n) is 13.8. The number of benzene rings is 6. The molecule has 2 bridgehead atoms. The summed E-state index contributed by atoms with van der Waals surface area (Å²) in [5.74, 6) is 8.93. The summed E-state index contributed by atoms with van der Waals surface area (Å²) < 4.78 is 394. The van der Waals surface area contributed by atoms with E-state index < -0.39 is 207 Å². The summed E-state index contributed by atoms with van der Waals surface area (Å²) in [5.41, 5.74) is -28.6. The molecule has 97 heavy (non-hydrogen) atoms. The van der Waals surface area contributed by atoms with Crippen molar-refractivity contribution in [2.75, 3.05) is 79.3 Å². The molecule has 3 fully saturated rings. The third kappa shape index (κ3) is 21.7. The van der Waals surface area contributed by atoms with Gasteiger partial charge in [0.25, 0.3) is 0 Å². The van der Waals surface area contributed by atoms with Crippen LogP contribution in [-0.4, -0.2) is 97.4 Å². The van der Waals surface area contributed by atoms with Crippen LogP contribution in [0, 0.1) is 23.7 Å². The van der Waals surface area contributed by atoms with Crippen molar-refractivity contribution < 1.29 is 178 Å². The second-order valence-electron chi connectivity index (χ2n) is 20.5. The summed E-state index contributed by atoms with van der Waals surface area (Å²) in [6, 6.07) is 10.3. The Hall–Kier alpha value is -6.54. The molecule has 3 aliphatic rings. The van der Waals surface area contributed by atoms with Gasteiger partial charge in [-0.25, -0.2) is 0 Å². The van der Waals surface area contributed by atoms with E-state index in [2.05, 4.69) is 23.7 Å². The molecule has 35 heteroatoms. The minimum absolute atomic E-state index is 0. The van der Waals surface area contributed by atoms with Gasteiger partial charge in [-0.2, -0.15) is 127 Å². The number of halogens is 24. The Labute approximate surface area is 556 Å². The fourth-order valence-electron chi connectivity index (χ4n) is 9.59. The Morgan fingerprint density at radius 3 is 0.598 bits per heavy atom. The molecule has 9 nitrogen and oxygen atoms in total. The molecule has 0 saturated carbocycles. The average Bonchev–Trinajstić information content (AvgIpc) is 0.708. The first-order chi connectivity index (χ1) is 44.5. The van der Waals surface area contributed by atoms with Gasteiger partial charge in [-0.05, 0) is 60.4 Å². The SMILES string of the molecule is C(#CC12OCCOCCOC(C#Cc3ccccc3)(OCCOCCO1)OCCOCCO2)c1ccccc1.FC(F)(F)c1cc([B-](c2cc(C(F)(F)F)cc(C(F)(F)F)c2)(c2cc(C(F)(F)F)cc(C(F)(F)F)c2)c2cc(C(F)(F)F)cc(C(F)(F)F)c2)cc(C(F)(F)F)c1.[Na+]. The summed E-state index contributed by atoms with van der Waals surface area (Å²) in [6.45, 7) is 2.50. The summed E-state index contributed by atoms with van der Waals surface area (Å²) >= 11 is 0. The fraction of sp³-hybridized carbons (Fsp3) is 0.355. The maximum Gasteiger partial charge on any atom is 1.00 e. The van der Waals surface area contributed by atoms with Gasteiger partial charge in [-0.1, -0.05) is 96.8 Å². The Balaban J connectivity index is 0.000000324. The van der Waals surface area contributed by atoms with Gasteiger partial charge in [-0.3, -0.25) is 0 Å². The van der Waals surface area contributed by atoms with Crippen LogP contribution in [0.15, 0.2) is 133 Å². The number of hydrogen-bond acceptors (Lipinski definition) is 9. The van der Waals surface area contributed by atoms with E-state index in [1.54, 1.807) is 0 Å². The zero-order valence-corrected chi connectivity index (χ0v) is 51.5. The number of ether oxygens (including phenoxy) is 9. The van der Waals surface area contributed by atoms with Gasteiger partial charge in [0.1, 0.15) is 6.15 Å². The van der Waals surface area contributed by atoms with Gasteiger partial charge >= 0.3 is 90.9 Å². The van der Waals surface area contributed by atoms with E-state index in [9.17, 15) is 105 Å². The third-order valence-corrected chi connectivity index (χ3v) is 13.8. The van der Waals surface area contributed by atoms with Crippen LogP contribution in [0.25, 0.3) is 0 Å². The summed E-state index contributed by atoms with van der Waals surface area (Å²) in [5, 5.41) is 0. The first-order valence-corrected chi connectivity index (χ1v) is 27.6. The molecule has 0 aliphatic carbocycles. The topological polar surface area (TPSA) is 83.1 Å². The van der Waals surface area contributed by atoms with Crippen molar-refractivity contribution in [2.45, 2.75) is 61.4 Å². The van der Waals surface area contributed by atoms with Crippen LogP contribution in [-0.2, 0) is 92.0 Å². The molecular formula is C62H46BF24NaO9. The number of alkyl halides is 24. The van der Waals surface area contributed by atoms with Crippen molar-refractivity contribution in [3.63, 3.8) is 0 Å². The molecule has 6 aromatic carbocycles. The zero-order valence-electron chi connectivity index (χ0n) is 49.5. The van der Waals surface area contributed by atoms with Gasteiger partial charge in [0.05, 0.1) is 124 Å². The molecule has 0 atom stereocenters. The Morgan fingerprint density at radius 1 is 0.258 bits per heavy atom. The van der Waals surface area contributed by atoms with Crippen molar-refractivity contribution in [2.24, 2.45) is 0 Å². The average molecular weight is 1420 g/mol. The molecular weight excluding hydrogens is 1380 g/mol. The van der Waals surface area contributed by atoms with E-state index >= 15 is 0 Å². The standard InChI is InChI=1S/C32H12BF24.C30H34O9.Na/c34-25(35,36)13-1-14(26(37,38)39)6-21(5-13)33(22-7-15(27(40,41)42)2-16(8-22)28(43,44)45,23-9-17(29(46,47)48)3-18(10-23)30(49,50)51)24-11-19(31(52,53)54)4-20(12-24)32(55,56)57;1-3-7-27(8-4-1)11-13-29-34-21-15-31-18-24-37-30(38-25-19-32-16-22-35-29,39-26-20-33-17-23-36-29)14-12-28-9-5-2-6-10-28;/h1-12H;1-10H,15-26H2;/q-1;;+1. The molecule has 3 saturated heterocycles. The van der Waals surface area contributed by atoms with Gasteiger partial charge in [0.2, 0.25) is 0 Å². The largest absolute Gasteiger partial charge is 1.00 e. The van der Waals surface area contributed by atoms with Gasteiger partial charge in [-0.15, -0.1) is 0 Å². The van der Waals surface area contributed by atoms with E-state index in [4.69, 9.17) is 42.6 Å². The molecule has 9 rings (SSSR count). The van der Waals surface area contributed by atoms with Gasteiger partial charge < -0.3 is 42.6 Å². The first-order valence-electron chi connectivity index (χ1n) is 27.6. The van der Waals surface area contributed by atoms with Gasteiger partial charge in [0.15, 0.2) is 0 Å². The molecule has 6 aromatic rings. The maximum atomic E-state index is 14.2. The Kier molecular flexibility index (Phi) is 26.0. The van der Waals surface area contributed by atoms with Crippen LogP contribution in [0.4, 0.5) is 105 Å². The summed E-state index contributed by atoms with van der Waals surface area (Å²) in [6.07, 6.45) is -54.8. The van der Waals surface area contributed by atoms with Crippen molar-refractivity contribution in [1.29, 1.82) is 0 Å². The molecule has 3 heterocycles. The monoisotopic (exact) mass is 1420 g/mol. The van der Waals surface area contributed by atoms with Crippen molar-refractivity contribution in [3.8, 4) is 23.7 Å². The molecule has 0 spiro atoms. The zero-order chi connectivity index (χ0) is 70.8. The van der Waals surface area contributed by atoms with Crippen LogP contribution in [0.1, 0.15) is 55.6 Å². The number of rotatable bonds is 4. The molecule has 0 unspecified atom stereocenters. The van der Waals surface area contributed by atoms with Gasteiger partial charge in [0, 0.05) is 11.1 Å². The minimum atomic E-state index is -6.13. The fourth-order valence-corrected chi connectivity index (χ4v) is 9.59. The number of hydrogen-bond donors (Lipinski definition) is 0. The summed E-state index contributed by atoms with van der Waals surface area (Å²) in [7, 11) is 0. The van der Waals surface area contributed by atoms with Crippen LogP contribution in [0.5, 0.6) is 0 Å². The molecule has 0 amide bonds. The van der Waals surface area contributed by atoms with Crippen molar-refractivity contribution in [3.05, 3.63) is 189 Å². The predicted molar refractivity (Wildman–Crippen MR) is 290 cm³/mol. The second kappa shape index (κ2) is 31.8. The minimum Gasteiger partial charge on any atom is -0.377 e. The Bertz CT molecular complexity index is 3150. The van der Waals surface area contributed by atoms with Crippen LogP contribution < -0.4 is 51.4 Å². The quantitative estimate of drug-likeness (QED) is 0.0742. The molecule has 520 valence electrons. The van der Waals surface area contributed by atoms with E-state index in [0.717, 1.165) is 11.1 Å². The summed E-state index contributed by atoms with van der Waals surface area (Å²) in [4.78, 5) is 0. The van der Waals surface area contributed by atoms with E-state index in [1.807, 2.05) is 60.7 Å². The van der Waals surface area contributed by atoms with E-state index in [1.165, 1.54) is 0 Å². The number of fused-ring (bicyclic) bond motifs is 18. The first kappa shape index (κ1) is 79.5. The Morgan fingerprint density at radius 2 is 0.433 bits per heavy atom. The van der Waals surface area contributed by atoms with Crippen LogP contribution in [0.3, 0.4) is 0 Å². The molecule has 3 aliphatic heterocycles. The second-order valence-corrected chi connectivity index (χ2v) is 20.5. The van der Waals surface area contributed by atoms with E-state index in [-0.39, 0.29) is 109 Å². The molecule has 0 aromatic heterocycles. The van der Waals surface area contributed by atoms with E-state index in [0.29, 0.717) is 0 Å². The maximum absolute atomic E-state index is 14.2. The predicted octanol–water partition coefficient (Wildman–Crippen LogP) is 10.8. The molecule has 0 radical (unpaired) electrons. The smallest absolute Gasteiger partial charge is 0.377 e. The van der Waals surface area contributed by atoms with Crippen molar-refractivity contribution in [1.82, 2.24) is 0 Å². The van der Waals surface area contributed by atoms with Crippen molar-refractivity contribution >= 4 is 28.0 Å². The molecule has 0 N–H and O–H groups in total. The van der Waals surface area contributed by atoms with Crippen LogP contribution >= 0.6 is 0 Å².